The molecule has 0 N–H and O–H groups in total. The Hall–Kier alpha value is -1.74. The van der Waals surface area contributed by atoms with E-state index in [9.17, 15) is 0 Å². The van der Waals surface area contributed by atoms with Gasteiger partial charge in [0.05, 0.1) is 22.8 Å². The lowest BCUT2D eigenvalue weighted by Gasteiger charge is -2.13. The SMILES string of the molecule is SCc1cc(CS)nc(-c2ccc(-c3nc(CS)cc(CS)n3)c3ccccc23)n1. The van der Waals surface area contributed by atoms with Crippen LogP contribution in [-0.2, 0) is 23.0 Å². The number of aromatic nitrogens is 4. The van der Waals surface area contributed by atoms with Crippen molar-refractivity contribution in [2.24, 2.45) is 0 Å². The average molecular weight is 469 g/mol. The predicted octanol–water partition coefficient (Wildman–Crippen LogP) is 5.47. The summed E-state index contributed by atoms with van der Waals surface area (Å²) in [6, 6.07) is 16.1. The topological polar surface area (TPSA) is 51.6 Å². The van der Waals surface area contributed by atoms with E-state index in [1.54, 1.807) is 0 Å². The van der Waals surface area contributed by atoms with Gasteiger partial charge in [-0.25, -0.2) is 19.9 Å². The van der Waals surface area contributed by atoms with Crippen molar-refractivity contribution in [2.75, 3.05) is 0 Å². The summed E-state index contributed by atoms with van der Waals surface area (Å²) in [7, 11) is 0. The molecule has 0 unspecified atom stereocenters. The van der Waals surface area contributed by atoms with Crippen molar-refractivity contribution in [3.05, 3.63) is 71.3 Å². The molecule has 4 nitrogen and oxygen atoms in total. The second-order valence-electron chi connectivity index (χ2n) is 6.69. The maximum Gasteiger partial charge on any atom is 0.160 e. The van der Waals surface area contributed by atoms with Gasteiger partial charge in [-0.2, -0.15) is 50.5 Å². The fourth-order valence-corrected chi connectivity index (χ4v) is 4.01. The number of benzene rings is 2. The maximum atomic E-state index is 4.70. The lowest BCUT2D eigenvalue weighted by Crippen LogP contribution is -2.01. The quantitative estimate of drug-likeness (QED) is 0.283. The molecular weight excluding hydrogens is 449 g/mol. The molecule has 0 amide bonds. The summed E-state index contributed by atoms with van der Waals surface area (Å²) < 4.78 is 0. The van der Waals surface area contributed by atoms with Crippen LogP contribution in [0.3, 0.4) is 0 Å². The van der Waals surface area contributed by atoms with Crippen molar-refractivity contribution in [2.45, 2.75) is 23.0 Å². The van der Waals surface area contributed by atoms with Gasteiger partial charge in [0.2, 0.25) is 0 Å². The first kappa shape index (κ1) is 21.5. The Labute approximate surface area is 197 Å². The molecule has 2 aromatic heterocycles. The van der Waals surface area contributed by atoms with Crippen molar-refractivity contribution < 1.29 is 0 Å². The molecule has 0 saturated carbocycles. The molecule has 0 aliphatic heterocycles. The summed E-state index contributed by atoms with van der Waals surface area (Å²) in [5, 5.41) is 2.09. The van der Waals surface area contributed by atoms with E-state index in [0.29, 0.717) is 34.7 Å². The number of hydrogen-bond acceptors (Lipinski definition) is 8. The first-order valence-electron chi connectivity index (χ1n) is 9.36. The van der Waals surface area contributed by atoms with Crippen molar-refractivity contribution in [1.29, 1.82) is 0 Å². The van der Waals surface area contributed by atoms with Gasteiger partial charge in [0.25, 0.3) is 0 Å². The van der Waals surface area contributed by atoms with Crippen molar-refractivity contribution >= 4 is 61.3 Å². The molecule has 4 aromatic rings. The maximum absolute atomic E-state index is 4.70. The Balaban J connectivity index is 1.94. The highest BCUT2D eigenvalue weighted by atomic mass is 32.1. The zero-order valence-corrected chi connectivity index (χ0v) is 19.6. The molecule has 0 radical (unpaired) electrons. The standard InChI is InChI=1S/C22H20N4S4/c27-9-13-7-14(10-28)24-21(23-13)19-5-6-20(18-4-2-1-3-17(18)19)22-25-15(11-29)8-16(12-30)26-22/h1-8,27-30H,9-12H2. The lowest BCUT2D eigenvalue weighted by molar-refractivity contribution is 1.04. The number of hydrogen-bond donors (Lipinski definition) is 4. The second kappa shape index (κ2) is 9.60. The van der Waals surface area contributed by atoms with Gasteiger partial charge < -0.3 is 0 Å². The summed E-state index contributed by atoms with van der Waals surface area (Å²) in [5.74, 6) is 3.53. The summed E-state index contributed by atoms with van der Waals surface area (Å²) in [4.78, 5) is 18.8. The van der Waals surface area contributed by atoms with Crippen LogP contribution in [0.2, 0.25) is 0 Å². The van der Waals surface area contributed by atoms with Crippen LogP contribution in [0.4, 0.5) is 0 Å². The third-order valence-corrected chi connectivity index (χ3v) is 6.01. The van der Waals surface area contributed by atoms with Crippen LogP contribution in [0.5, 0.6) is 0 Å². The first-order chi connectivity index (χ1) is 14.7. The monoisotopic (exact) mass is 468 g/mol. The molecule has 4 rings (SSSR count). The predicted molar refractivity (Wildman–Crippen MR) is 137 cm³/mol. The molecule has 30 heavy (non-hydrogen) atoms. The smallest absolute Gasteiger partial charge is 0.160 e. The average Bonchev–Trinajstić information content (AvgIpc) is 2.82. The Morgan fingerprint density at radius 3 is 1.13 bits per heavy atom. The van der Waals surface area contributed by atoms with Gasteiger partial charge in [-0.3, -0.25) is 0 Å². The number of fused-ring (bicyclic) bond motifs is 1. The molecule has 8 heteroatoms. The fourth-order valence-electron chi connectivity index (χ4n) is 3.36. The van der Waals surface area contributed by atoms with E-state index >= 15 is 0 Å². The van der Waals surface area contributed by atoms with Gasteiger partial charge in [0.15, 0.2) is 11.6 Å². The zero-order chi connectivity index (χ0) is 21.1. The molecule has 2 aromatic carbocycles. The van der Waals surface area contributed by atoms with Crippen LogP contribution < -0.4 is 0 Å². The minimum absolute atomic E-state index is 0.545. The van der Waals surface area contributed by atoms with E-state index in [1.165, 1.54) is 0 Å². The van der Waals surface area contributed by atoms with Gasteiger partial charge in [-0.1, -0.05) is 24.3 Å². The van der Waals surface area contributed by atoms with Crippen LogP contribution in [-0.4, -0.2) is 19.9 Å². The van der Waals surface area contributed by atoms with Gasteiger partial charge in [-0.05, 0) is 35.0 Å². The lowest BCUT2D eigenvalue weighted by atomic mass is 9.98. The molecule has 0 spiro atoms. The summed E-state index contributed by atoms with van der Waals surface area (Å²) >= 11 is 17.5. The third kappa shape index (κ3) is 4.32. The highest BCUT2D eigenvalue weighted by Crippen LogP contribution is 2.34. The van der Waals surface area contributed by atoms with Gasteiger partial charge >= 0.3 is 0 Å². The highest BCUT2D eigenvalue weighted by Gasteiger charge is 2.15. The Kier molecular flexibility index (Phi) is 6.87. The summed E-state index contributed by atoms with van der Waals surface area (Å²) in [6.45, 7) is 0. The Morgan fingerprint density at radius 2 is 0.833 bits per heavy atom. The van der Waals surface area contributed by atoms with E-state index < -0.39 is 0 Å². The number of rotatable bonds is 6. The fraction of sp³-hybridized carbons (Fsp3) is 0.182. The van der Waals surface area contributed by atoms with E-state index in [1.807, 2.05) is 36.4 Å². The number of nitrogens with zero attached hydrogens (tertiary/aromatic N) is 4. The second-order valence-corrected chi connectivity index (χ2v) is 7.95. The molecule has 0 bridgehead atoms. The summed E-state index contributed by atoms with van der Waals surface area (Å²) in [6.07, 6.45) is 0. The molecule has 0 fully saturated rings. The molecule has 0 atom stereocenters. The van der Waals surface area contributed by atoms with Crippen LogP contribution in [0.15, 0.2) is 48.5 Å². The van der Waals surface area contributed by atoms with Crippen molar-refractivity contribution in [1.82, 2.24) is 19.9 Å². The van der Waals surface area contributed by atoms with Gasteiger partial charge in [-0.15, -0.1) is 0 Å². The summed E-state index contributed by atoms with van der Waals surface area (Å²) in [5.41, 5.74) is 5.43. The zero-order valence-electron chi connectivity index (χ0n) is 16.0. The van der Waals surface area contributed by atoms with Crippen LogP contribution in [0.25, 0.3) is 33.5 Å². The molecule has 0 saturated heterocycles. The Bertz CT molecular complexity index is 1070. The first-order valence-corrected chi connectivity index (χ1v) is 11.9. The van der Waals surface area contributed by atoms with E-state index in [-0.39, 0.29) is 0 Å². The largest absolute Gasteiger partial charge is 0.232 e. The highest BCUT2D eigenvalue weighted by molar-refractivity contribution is 7.79. The van der Waals surface area contributed by atoms with E-state index in [4.69, 9.17) is 19.9 Å². The van der Waals surface area contributed by atoms with Gasteiger partial charge in [0.1, 0.15) is 0 Å². The minimum Gasteiger partial charge on any atom is -0.232 e. The van der Waals surface area contributed by atoms with Crippen LogP contribution in [0, 0.1) is 0 Å². The molecule has 2 heterocycles. The molecule has 0 aliphatic rings. The molecule has 152 valence electrons. The third-order valence-electron chi connectivity index (χ3n) is 4.72. The van der Waals surface area contributed by atoms with E-state index in [0.717, 1.165) is 44.7 Å². The van der Waals surface area contributed by atoms with Crippen LogP contribution >= 0.6 is 50.5 Å². The number of thiol groups is 4. The van der Waals surface area contributed by atoms with Gasteiger partial charge in [0, 0.05) is 34.1 Å². The Morgan fingerprint density at radius 1 is 0.500 bits per heavy atom. The minimum atomic E-state index is 0.545. The van der Waals surface area contributed by atoms with Crippen molar-refractivity contribution in [3.63, 3.8) is 0 Å². The van der Waals surface area contributed by atoms with Crippen LogP contribution in [0.1, 0.15) is 22.8 Å². The van der Waals surface area contributed by atoms with E-state index in [2.05, 4.69) is 62.6 Å². The normalized spacial score (nSPS) is 11.2. The molecular formula is C22H20N4S4. The van der Waals surface area contributed by atoms with Crippen molar-refractivity contribution in [3.8, 4) is 22.8 Å². The molecule has 0 aliphatic carbocycles.